The highest BCUT2D eigenvalue weighted by molar-refractivity contribution is 7.15. The predicted octanol–water partition coefficient (Wildman–Crippen LogP) is 2.10. The van der Waals surface area contributed by atoms with Crippen LogP contribution in [0.25, 0.3) is 0 Å². The van der Waals surface area contributed by atoms with E-state index in [1.54, 1.807) is 13.8 Å². The minimum atomic E-state index is -0.469. The first-order valence-corrected chi connectivity index (χ1v) is 7.89. The number of methoxy groups -OCH3 is 1. The normalized spacial score (nSPS) is 18.5. The number of aryl methyl sites for hydroxylation is 1. The molecule has 0 bridgehead atoms. The van der Waals surface area contributed by atoms with Crippen molar-refractivity contribution in [3.05, 3.63) is 10.6 Å². The minimum absolute atomic E-state index is 0.212. The van der Waals surface area contributed by atoms with Gasteiger partial charge in [-0.15, -0.1) is 11.3 Å². The summed E-state index contributed by atoms with van der Waals surface area (Å²) >= 11 is 1.49. The number of nitrogens with one attached hydrogen (secondary N) is 1. The molecule has 0 aromatic carbocycles. The Labute approximate surface area is 127 Å². The SMILES string of the molecule is CCOC(=O)C1CCCc2sc(NC(C)C(=O)OC)nc21. The van der Waals surface area contributed by atoms with E-state index in [4.69, 9.17) is 4.74 Å². The first-order chi connectivity index (χ1) is 10.1. The van der Waals surface area contributed by atoms with E-state index >= 15 is 0 Å². The van der Waals surface area contributed by atoms with Crippen molar-refractivity contribution >= 4 is 28.4 Å². The highest BCUT2D eigenvalue weighted by Crippen LogP contribution is 2.37. The second-order valence-corrected chi connectivity index (χ2v) is 6.00. The lowest BCUT2D eigenvalue weighted by atomic mass is 9.91. The van der Waals surface area contributed by atoms with Crippen LogP contribution < -0.4 is 5.32 Å². The van der Waals surface area contributed by atoms with Gasteiger partial charge in [-0.25, -0.2) is 9.78 Å². The lowest BCUT2D eigenvalue weighted by Gasteiger charge is -2.19. The molecule has 0 aliphatic heterocycles. The maximum absolute atomic E-state index is 12.0. The third kappa shape index (κ3) is 3.53. The summed E-state index contributed by atoms with van der Waals surface area (Å²) in [7, 11) is 1.35. The Kier molecular flexibility index (Phi) is 5.17. The largest absolute Gasteiger partial charge is 0.467 e. The van der Waals surface area contributed by atoms with E-state index < -0.39 is 6.04 Å². The summed E-state index contributed by atoms with van der Waals surface area (Å²) in [5.74, 6) is -0.838. The molecule has 1 aromatic heterocycles. The topological polar surface area (TPSA) is 77.5 Å². The third-order valence-corrected chi connectivity index (χ3v) is 4.48. The molecular formula is C14H20N2O4S. The van der Waals surface area contributed by atoms with E-state index in [1.165, 1.54) is 18.4 Å². The van der Waals surface area contributed by atoms with Gasteiger partial charge in [0.15, 0.2) is 5.13 Å². The van der Waals surface area contributed by atoms with Crippen LogP contribution in [0.4, 0.5) is 5.13 Å². The van der Waals surface area contributed by atoms with Crippen LogP contribution in [-0.2, 0) is 25.5 Å². The lowest BCUT2D eigenvalue weighted by Crippen LogP contribution is -2.27. The molecule has 2 unspecified atom stereocenters. The fraction of sp³-hybridized carbons (Fsp3) is 0.643. The van der Waals surface area contributed by atoms with E-state index in [0.29, 0.717) is 11.7 Å². The average Bonchev–Trinajstić information content (AvgIpc) is 2.88. The molecule has 0 radical (unpaired) electrons. The summed E-state index contributed by atoms with van der Waals surface area (Å²) in [4.78, 5) is 29.0. The lowest BCUT2D eigenvalue weighted by molar-refractivity contribution is -0.145. The van der Waals surface area contributed by atoms with Crippen molar-refractivity contribution in [1.82, 2.24) is 4.98 Å². The predicted molar refractivity (Wildman–Crippen MR) is 79.5 cm³/mol. The molecule has 0 fully saturated rings. The molecule has 1 aliphatic carbocycles. The van der Waals surface area contributed by atoms with Crippen LogP contribution in [-0.4, -0.2) is 36.7 Å². The Balaban J connectivity index is 2.15. The molecule has 1 N–H and O–H groups in total. The van der Waals surface area contributed by atoms with Crippen LogP contribution in [0.3, 0.4) is 0 Å². The van der Waals surface area contributed by atoms with E-state index in [2.05, 4.69) is 15.0 Å². The highest BCUT2D eigenvalue weighted by Gasteiger charge is 2.31. The second kappa shape index (κ2) is 6.89. The first-order valence-electron chi connectivity index (χ1n) is 7.07. The molecule has 0 spiro atoms. The number of fused-ring (bicyclic) bond motifs is 1. The number of anilines is 1. The Morgan fingerprint density at radius 1 is 1.52 bits per heavy atom. The molecule has 7 heteroatoms. The van der Waals surface area contributed by atoms with Gasteiger partial charge in [0.1, 0.15) is 12.0 Å². The molecule has 1 aromatic rings. The molecule has 2 rings (SSSR count). The molecule has 0 amide bonds. The number of hydrogen-bond acceptors (Lipinski definition) is 7. The standard InChI is InChI=1S/C14H20N2O4S/c1-4-20-13(18)9-6-5-7-10-11(9)16-14(21-10)15-8(2)12(17)19-3/h8-9H,4-7H2,1-3H3,(H,15,16). The smallest absolute Gasteiger partial charge is 0.328 e. The molecule has 0 saturated heterocycles. The molecule has 1 aliphatic rings. The van der Waals surface area contributed by atoms with Crippen molar-refractivity contribution in [2.45, 2.75) is 45.1 Å². The van der Waals surface area contributed by atoms with Gasteiger partial charge in [-0.1, -0.05) is 0 Å². The van der Waals surface area contributed by atoms with Gasteiger partial charge in [-0.05, 0) is 33.1 Å². The van der Waals surface area contributed by atoms with Crippen LogP contribution >= 0.6 is 11.3 Å². The van der Waals surface area contributed by atoms with Crippen molar-refractivity contribution in [3.63, 3.8) is 0 Å². The zero-order valence-corrected chi connectivity index (χ0v) is 13.3. The second-order valence-electron chi connectivity index (χ2n) is 4.91. The zero-order chi connectivity index (χ0) is 15.4. The van der Waals surface area contributed by atoms with Crippen LogP contribution in [0.5, 0.6) is 0 Å². The molecule has 2 atom stereocenters. The number of ether oxygens (including phenoxy) is 2. The number of nitrogens with zero attached hydrogens (tertiary/aromatic N) is 1. The molecule has 21 heavy (non-hydrogen) atoms. The quantitative estimate of drug-likeness (QED) is 0.839. The number of rotatable bonds is 5. The molecular weight excluding hydrogens is 292 g/mol. The Hall–Kier alpha value is -1.63. The van der Waals surface area contributed by atoms with Crippen LogP contribution in [0.1, 0.15) is 43.2 Å². The number of aromatic nitrogens is 1. The summed E-state index contributed by atoms with van der Waals surface area (Å²) in [6.45, 7) is 3.89. The van der Waals surface area contributed by atoms with Crippen LogP contribution in [0.15, 0.2) is 0 Å². The van der Waals surface area contributed by atoms with Gasteiger partial charge in [0.2, 0.25) is 0 Å². The third-order valence-electron chi connectivity index (χ3n) is 3.42. The Morgan fingerprint density at radius 2 is 2.29 bits per heavy atom. The van der Waals surface area contributed by atoms with E-state index in [-0.39, 0.29) is 17.9 Å². The minimum Gasteiger partial charge on any atom is -0.467 e. The van der Waals surface area contributed by atoms with Gasteiger partial charge >= 0.3 is 11.9 Å². The number of carbonyl (C=O) groups is 2. The van der Waals surface area contributed by atoms with E-state index in [0.717, 1.165) is 29.8 Å². The summed E-state index contributed by atoms with van der Waals surface area (Å²) in [6.07, 6.45) is 2.63. The molecule has 1 heterocycles. The van der Waals surface area contributed by atoms with Crippen molar-refractivity contribution in [2.75, 3.05) is 19.0 Å². The fourth-order valence-electron chi connectivity index (χ4n) is 2.37. The summed E-state index contributed by atoms with van der Waals surface area (Å²) in [6, 6.07) is -0.469. The highest BCUT2D eigenvalue weighted by atomic mass is 32.1. The van der Waals surface area contributed by atoms with E-state index in [1.807, 2.05) is 0 Å². The first kappa shape index (κ1) is 15.8. The Bertz CT molecular complexity index is 529. The number of carbonyl (C=O) groups excluding carboxylic acids is 2. The fourth-order valence-corrected chi connectivity index (χ4v) is 3.53. The molecule has 116 valence electrons. The van der Waals surface area contributed by atoms with Crippen LogP contribution in [0.2, 0.25) is 0 Å². The van der Waals surface area contributed by atoms with Gasteiger partial charge in [0.05, 0.1) is 19.4 Å². The number of esters is 2. The van der Waals surface area contributed by atoms with Gasteiger partial charge in [-0.3, -0.25) is 4.79 Å². The van der Waals surface area contributed by atoms with Gasteiger partial charge < -0.3 is 14.8 Å². The number of thiazole rings is 1. The Morgan fingerprint density at radius 3 is 2.95 bits per heavy atom. The van der Waals surface area contributed by atoms with Gasteiger partial charge in [0.25, 0.3) is 0 Å². The molecule has 6 nitrogen and oxygen atoms in total. The summed E-state index contributed by atoms with van der Waals surface area (Å²) in [5.41, 5.74) is 0.796. The van der Waals surface area contributed by atoms with Crippen molar-refractivity contribution in [1.29, 1.82) is 0 Å². The summed E-state index contributed by atoms with van der Waals surface area (Å²) in [5, 5.41) is 3.67. The van der Waals surface area contributed by atoms with Crippen molar-refractivity contribution < 1.29 is 19.1 Å². The van der Waals surface area contributed by atoms with Gasteiger partial charge in [0, 0.05) is 4.88 Å². The molecule has 0 saturated carbocycles. The van der Waals surface area contributed by atoms with Crippen LogP contribution in [0, 0.1) is 0 Å². The zero-order valence-electron chi connectivity index (χ0n) is 12.5. The number of hydrogen-bond donors (Lipinski definition) is 1. The average molecular weight is 312 g/mol. The maximum atomic E-state index is 12.0. The summed E-state index contributed by atoms with van der Waals surface area (Å²) < 4.78 is 9.79. The van der Waals surface area contributed by atoms with Gasteiger partial charge in [-0.2, -0.15) is 0 Å². The maximum Gasteiger partial charge on any atom is 0.328 e. The van der Waals surface area contributed by atoms with Crippen molar-refractivity contribution in [2.24, 2.45) is 0 Å². The monoisotopic (exact) mass is 312 g/mol. The van der Waals surface area contributed by atoms with Crippen molar-refractivity contribution in [3.8, 4) is 0 Å². The van der Waals surface area contributed by atoms with E-state index in [9.17, 15) is 9.59 Å².